The normalized spacial score (nSPS) is 18.3. The largest absolute Gasteiger partial charge is 0.268 e. The van der Waals surface area contributed by atoms with Crippen molar-refractivity contribution in [3.63, 3.8) is 0 Å². The van der Waals surface area contributed by atoms with E-state index in [4.69, 9.17) is 0 Å². The Kier molecular flexibility index (Phi) is 4.55. The molecular formula is C30H24N2O4. The van der Waals surface area contributed by atoms with Crippen molar-refractivity contribution in [3.8, 4) is 0 Å². The van der Waals surface area contributed by atoms with Crippen LogP contribution in [0.15, 0.2) is 48.5 Å². The zero-order chi connectivity index (χ0) is 24.6. The molecule has 4 amide bonds. The molecule has 0 N–H and O–H groups in total. The summed E-state index contributed by atoms with van der Waals surface area (Å²) >= 11 is 0. The van der Waals surface area contributed by atoms with E-state index in [1.165, 1.54) is 9.80 Å². The molecule has 7 rings (SSSR count). The molecule has 0 fully saturated rings. The van der Waals surface area contributed by atoms with Crippen LogP contribution in [0.2, 0.25) is 0 Å². The Morgan fingerprint density at radius 1 is 0.417 bits per heavy atom. The summed E-state index contributed by atoms with van der Waals surface area (Å²) in [6.07, 6.45) is 8.12. The Hall–Kier alpha value is -4.06. The fraction of sp³-hybridized carbons (Fsp3) is 0.267. The third-order valence-electron chi connectivity index (χ3n) is 8.06. The molecule has 178 valence electrons. The van der Waals surface area contributed by atoms with Crippen LogP contribution >= 0.6 is 0 Å². The number of hydrogen-bond donors (Lipinski definition) is 0. The minimum absolute atomic E-state index is 0.331. The Bertz CT molecular complexity index is 1310. The van der Waals surface area contributed by atoms with Gasteiger partial charge in [-0.15, -0.1) is 0 Å². The maximum absolute atomic E-state index is 13.2. The maximum Gasteiger partial charge on any atom is 0.266 e. The van der Waals surface area contributed by atoms with Crippen molar-refractivity contribution >= 4 is 35.0 Å². The molecule has 0 radical (unpaired) electrons. The van der Waals surface area contributed by atoms with E-state index < -0.39 is 0 Å². The minimum atomic E-state index is -0.331. The monoisotopic (exact) mass is 476 g/mol. The first-order valence-electron chi connectivity index (χ1n) is 12.7. The molecule has 0 saturated carbocycles. The SMILES string of the molecule is O=C1c2cc3c(cc2C(=O)N1c1ccc(N2C(=O)c4cc5c(cc4C2=O)CCCC5)cc1)CCCC3. The van der Waals surface area contributed by atoms with Crippen LogP contribution in [-0.4, -0.2) is 23.6 Å². The molecule has 2 heterocycles. The number of aryl methyl sites for hydroxylation is 4. The lowest BCUT2D eigenvalue weighted by atomic mass is 9.88. The predicted octanol–water partition coefficient (Wildman–Crippen LogP) is 5.05. The van der Waals surface area contributed by atoms with Crippen LogP contribution in [0.1, 0.15) is 89.4 Å². The third kappa shape index (κ3) is 2.97. The smallest absolute Gasteiger partial charge is 0.266 e. The summed E-state index contributed by atoms with van der Waals surface area (Å²) in [5.74, 6) is -1.32. The number of imide groups is 2. The second-order valence-corrected chi connectivity index (χ2v) is 10.2. The number of carbonyl (C=O) groups excluding carboxylic acids is 4. The number of carbonyl (C=O) groups is 4. The van der Waals surface area contributed by atoms with Gasteiger partial charge in [0.15, 0.2) is 0 Å². The fourth-order valence-electron chi connectivity index (χ4n) is 6.17. The van der Waals surface area contributed by atoms with Crippen molar-refractivity contribution in [2.24, 2.45) is 0 Å². The second-order valence-electron chi connectivity index (χ2n) is 10.2. The van der Waals surface area contributed by atoms with Gasteiger partial charge in [-0.05, 0) is 122 Å². The van der Waals surface area contributed by atoms with Crippen molar-refractivity contribution in [1.29, 1.82) is 0 Å². The molecular weight excluding hydrogens is 452 g/mol. The molecule has 0 unspecified atom stereocenters. The van der Waals surface area contributed by atoms with Crippen molar-refractivity contribution in [2.75, 3.05) is 9.80 Å². The number of fused-ring (bicyclic) bond motifs is 4. The first-order valence-corrected chi connectivity index (χ1v) is 12.7. The zero-order valence-corrected chi connectivity index (χ0v) is 19.8. The topological polar surface area (TPSA) is 74.8 Å². The summed E-state index contributed by atoms with van der Waals surface area (Å²) in [5, 5.41) is 0. The Balaban J connectivity index is 1.19. The quantitative estimate of drug-likeness (QED) is 0.486. The van der Waals surface area contributed by atoms with E-state index in [0.29, 0.717) is 33.6 Å². The highest BCUT2D eigenvalue weighted by molar-refractivity contribution is 6.36. The Morgan fingerprint density at radius 3 is 0.917 bits per heavy atom. The molecule has 6 nitrogen and oxygen atoms in total. The number of benzene rings is 3. The standard InChI is InChI=1S/C30H24N2O4/c33-27-23-13-17-5-1-2-6-18(17)14-24(23)28(34)31(27)21-9-11-22(12-10-21)32-29(35)25-15-19-7-3-4-8-20(19)16-26(25)30(32)36/h9-16H,1-8H2. The van der Waals surface area contributed by atoms with E-state index in [9.17, 15) is 19.2 Å². The summed E-state index contributed by atoms with van der Waals surface area (Å²) in [6, 6.07) is 14.1. The van der Waals surface area contributed by atoms with E-state index in [2.05, 4.69) is 0 Å². The van der Waals surface area contributed by atoms with Gasteiger partial charge in [0.25, 0.3) is 23.6 Å². The predicted molar refractivity (Wildman–Crippen MR) is 135 cm³/mol. The fourth-order valence-corrected chi connectivity index (χ4v) is 6.17. The lowest BCUT2D eigenvalue weighted by Gasteiger charge is -2.17. The van der Waals surface area contributed by atoms with Crippen LogP contribution in [0.25, 0.3) is 0 Å². The minimum Gasteiger partial charge on any atom is -0.268 e. The van der Waals surface area contributed by atoms with Crippen LogP contribution < -0.4 is 9.80 Å². The molecule has 6 heteroatoms. The number of nitrogens with zero attached hydrogens (tertiary/aromatic N) is 2. The molecule has 2 aliphatic heterocycles. The van der Waals surface area contributed by atoms with Gasteiger partial charge in [-0.2, -0.15) is 0 Å². The maximum atomic E-state index is 13.2. The van der Waals surface area contributed by atoms with Gasteiger partial charge < -0.3 is 0 Å². The molecule has 0 atom stereocenters. The van der Waals surface area contributed by atoms with Crippen LogP contribution in [-0.2, 0) is 25.7 Å². The molecule has 2 aliphatic carbocycles. The van der Waals surface area contributed by atoms with Gasteiger partial charge in [-0.25, -0.2) is 9.80 Å². The Labute approximate surface area is 208 Å². The second kappa shape index (κ2) is 7.72. The Morgan fingerprint density at radius 2 is 0.667 bits per heavy atom. The van der Waals surface area contributed by atoms with E-state index in [1.54, 1.807) is 24.3 Å². The summed E-state index contributed by atoms with van der Waals surface area (Å²) in [6.45, 7) is 0. The molecule has 0 aromatic heterocycles. The zero-order valence-electron chi connectivity index (χ0n) is 19.8. The van der Waals surface area contributed by atoms with Crippen LogP contribution in [0.4, 0.5) is 11.4 Å². The number of hydrogen-bond acceptors (Lipinski definition) is 4. The summed E-state index contributed by atoms with van der Waals surface area (Å²) in [5.41, 5.74) is 7.30. The van der Waals surface area contributed by atoms with Crippen molar-refractivity contribution in [2.45, 2.75) is 51.4 Å². The van der Waals surface area contributed by atoms with Gasteiger partial charge >= 0.3 is 0 Å². The van der Waals surface area contributed by atoms with E-state index in [-0.39, 0.29) is 23.6 Å². The average Bonchev–Trinajstić information content (AvgIpc) is 3.29. The average molecular weight is 477 g/mol. The van der Waals surface area contributed by atoms with Gasteiger partial charge in [-0.1, -0.05) is 0 Å². The van der Waals surface area contributed by atoms with Gasteiger partial charge in [0.2, 0.25) is 0 Å². The molecule has 3 aromatic carbocycles. The first-order chi connectivity index (χ1) is 17.5. The van der Waals surface area contributed by atoms with E-state index in [1.807, 2.05) is 24.3 Å². The third-order valence-corrected chi connectivity index (χ3v) is 8.06. The van der Waals surface area contributed by atoms with Crippen molar-refractivity contribution in [1.82, 2.24) is 0 Å². The first kappa shape index (κ1) is 21.2. The lowest BCUT2D eigenvalue weighted by Crippen LogP contribution is -2.30. The highest BCUT2D eigenvalue weighted by Gasteiger charge is 2.40. The molecule has 4 aliphatic rings. The lowest BCUT2D eigenvalue weighted by molar-refractivity contribution is 0.0909. The van der Waals surface area contributed by atoms with Crippen LogP contribution in [0.5, 0.6) is 0 Å². The summed E-state index contributed by atoms with van der Waals surface area (Å²) in [7, 11) is 0. The number of rotatable bonds is 2. The van der Waals surface area contributed by atoms with Crippen LogP contribution in [0.3, 0.4) is 0 Å². The van der Waals surface area contributed by atoms with Crippen molar-refractivity contribution < 1.29 is 19.2 Å². The highest BCUT2D eigenvalue weighted by atomic mass is 16.2. The van der Waals surface area contributed by atoms with E-state index >= 15 is 0 Å². The molecule has 36 heavy (non-hydrogen) atoms. The molecule has 0 saturated heterocycles. The van der Waals surface area contributed by atoms with Crippen LogP contribution in [0, 0.1) is 0 Å². The molecule has 3 aromatic rings. The highest BCUT2D eigenvalue weighted by Crippen LogP contribution is 2.36. The van der Waals surface area contributed by atoms with Crippen molar-refractivity contribution in [3.05, 3.63) is 93.0 Å². The molecule has 0 bridgehead atoms. The van der Waals surface area contributed by atoms with Gasteiger partial charge in [0, 0.05) is 0 Å². The van der Waals surface area contributed by atoms with Gasteiger partial charge in [-0.3, -0.25) is 19.2 Å². The van der Waals surface area contributed by atoms with E-state index in [0.717, 1.165) is 73.6 Å². The van der Waals surface area contributed by atoms with Gasteiger partial charge in [0.05, 0.1) is 33.6 Å². The number of anilines is 2. The molecule has 0 spiro atoms. The summed E-state index contributed by atoms with van der Waals surface area (Å²) < 4.78 is 0. The number of amides is 4. The van der Waals surface area contributed by atoms with Gasteiger partial charge in [0.1, 0.15) is 0 Å². The summed E-state index contributed by atoms with van der Waals surface area (Å²) in [4.78, 5) is 55.2.